The van der Waals surface area contributed by atoms with Crippen molar-refractivity contribution in [3.05, 3.63) is 51.7 Å². The number of nitrogens with one attached hydrogen (secondary N) is 1. The topological polar surface area (TPSA) is 45.8 Å². The zero-order chi connectivity index (χ0) is 12.7. The van der Waals surface area contributed by atoms with Gasteiger partial charge < -0.3 is 4.98 Å². The van der Waals surface area contributed by atoms with E-state index in [0.29, 0.717) is 5.92 Å². The Kier molecular flexibility index (Phi) is 2.54. The molecule has 0 saturated heterocycles. The zero-order valence-electron chi connectivity index (χ0n) is 10.7. The molecule has 0 saturated carbocycles. The van der Waals surface area contributed by atoms with Crippen molar-refractivity contribution in [1.29, 1.82) is 0 Å². The number of nitrogens with zero attached hydrogens (tertiary/aromatic N) is 1. The van der Waals surface area contributed by atoms with Gasteiger partial charge in [0.15, 0.2) is 0 Å². The minimum atomic E-state index is -0.238. The number of aromatic nitrogens is 2. The average molecular weight is 240 g/mol. The summed E-state index contributed by atoms with van der Waals surface area (Å²) in [6.45, 7) is 4.10. The molecule has 3 nitrogen and oxygen atoms in total. The molecule has 3 heteroatoms. The Labute approximate surface area is 106 Å². The summed E-state index contributed by atoms with van der Waals surface area (Å²) in [5, 5.41) is 0. The van der Waals surface area contributed by atoms with Crippen LogP contribution >= 0.6 is 0 Å². The number of aryl methyl sites for hydroxylation is 2. The van der Waals surface area contributed by atoms with Crippen LogP contribution in [0.3, 0.4) is 0 Å². The lowest BCUT2D eigenvalue weighted by molar-refractivity contribution is 0.664. The first kappa shape index (κ1) is 11.2. The van der Waals surface area contributed by atoms with E-state index in [9.17, 15) is 4.79 Å². The molecular formula is C15H16N2O. The first-order valence-electron chi connectivity index (χ1n) is 6.36. The Balaban J connectivity index is 2.38. The molecule has 92 valence electrons. The Morgan fingerprint density at radius 3 is 2.94 bits per heavy atom. The van der Waals surface area contributed by atoms with Crippen LogP contribution in [0.25, 0.3) is 11.1 Å². The lowest BCUT2D eigenvalue weighted by atomic mass is 9.96. The molecule has 0 fully saturated rings. The second kappa shape index (κ2) is 4.09. The molecule has 0 spiro atoms. The van der Waals surface area contributed by atoms with E-state index >= 15 is 0 Å². The number of aromatic amines is 1. The third kappa shape index (κ3) is 1.67. The predicted octanol–water partition coefficient (Wildman–Crippen LogP) is 2.80. The normalized spacial score (nSPS) is 17.8. The van der Waals surface area contributed by atoms with Crippen molar-refractivity contribution in [3.8, 4) is 11.1 Å². The molecule has 0 aliphatic heterocycles. The maximum atomic E-state index is 11.6. The first-order valence-corrected chi connectivity index (χ1v) is 6.36. The van der Waals surface area contributed by atoms with Crippen LogP contribution in [0.4, 0.5) is 0 Å². The summed E-state index contributed by atoms with van der Waals surface area (Å²) in [6.07, 6.45) is 2.08. The van der Waals surface area contributed by atoms with Gasteiger partial charge in [0.25, 0.3) is 0 Å². The van der Waals surface area contributed by atoms with Crippen molar-refractivity contribution in [2.24, 2.45) is 0 Å². The summed E-state index contributed by atoms with van der Waals surface area (Å²) < 4.78 is 0. The second-order valence-electron chi connectivity index (χ2n) is 5.02. The molecule has 1 aromatic carbocycles. The highest BCUT2D eigenvalue weighted by Crippen LogP contribution is 2.37. The Bertz CT molecular complexity index is 658. The minimum Gasteiger partial charge on any atom is -0.309 e. The van der Waals surface area contributed by atoms with Crippen LogP contribution in [-0.2, 0) is 6.42 Å². The van der Waals surface area contributed by atoms with Crippen LogP contribution in [0.5, 0.6) is 0 Å². The van der Waals surface area contributed by atoms with Crippen molar-refractivity contribution in [2.75, 3.05) is 0 Å². The fourth-order valence-electron chi connectivity index (χ4n) is 2.80. The van der Waals surface area contributed by atoms with E-state index in [-0.39, 0.29) is 5.69 Å². The van der Waals surface area contributed by atoms with Crippen LogP contribution in [0.1, 0.15) is 36.2 Å². The van der Waals surface area contributed by atoms with Crippen LogP contribution in [0.15, 0.2) is 29.1 Å². The van der Waals surface area contributed by atoms with Gasteiger partial charge in [0.1, 0.15) is 0 Å². The second-order valence-corrected chi connectivity index (χ2v) is 5.02. The van der Waals surface area contributed by atoms with E-state index in [1.165, 1.54) is 11.1 Å². The number of rotatable bonds is 0. The summed E-state index contributed by atoms with van der Waals surface area (Å²) >= 11 is 0. The van der Waals surface area contributed by atoms with Crippen LogP contribution in [0, 0.1) is 6.92 Å². The fraction of sp³-hybridized carbons (Fsp3) is 0.333. The number of benzene rings is 1. The molecule has 1 aromatic heterocycles. The van der Waals surface area contributed by atoms with E-state index in [0.717, 1.165) is 29.8 Å². The molecule has 18 heavy (non-hydrogen) atoms. The summed E-state index contributed by atoms with van der Waals surface area (Å²) in [5.74, 6) is 0.327. The number of hydrogen-bond acceptors (Lipinski definition) is 2. The highest BCUT2D eigenvalue weighted by molar-refractivity contribution is 5.72. The molecule has 1 atom stereocenters. The van der Waals surface area contributed by atoms with Gasteiger partial charge in [-0.05, 0) is 36.8 Å². The molecule has 1 heterocycles. The molecule has 3 rings (SSSR count). The van der Waals surface area contributed by atoms with Crippen LogP contribution < -0.4 is 5.69 Å². The summed E-state index contributed by atoms with van der Waals surface area (Å²) in [5.41, 5.74) is 5.32. The largest absolute Gasteiger partial charge is 0.345 e. The average Bonchev–Trinajstić information content (AvgIpc) is 2.48. The number of H-pyrrole nitrogens is 1. The predicted molar refractivity (Wildman–Crippen MR) is 71.8 cm³/mol. The quantitative estimate of drug-likeness (QED) is 0.769. The monoisotopic (exact) mass is 240 g/mol. The fourth-order valence-corrected chi connectivity index (χ4v) is 2.80. The maximum absolute atomic E-state index is 11.6. The van der Waals surface area contributed by atoms with Gasteiger partial charge in [-0.25, -0.2) is 4.79 Å². The standard InChI is InChI=1S/C15H16N2O/c1-9-7-8-11-5-3-4-6-12(11)13-10(2)16-15(18)17-14(9)13/h3-6,9H,7-8H2,1-2H3,(H,16,17,18). The van der Waals surface area contributed by atoms with Gasteiger partial charge in [-0.2, -0.15) is 4.98 Å². The third-order valence-corrected chi connectivity index (χ3v) is 3.75. The number of hydrogen-bond donors (Lipinski definition) is 1. The lowest BCUT2D eigenvalue weighted by Crippen LogP contribution is -2.17. The first-order chi connectivity index (χ1) is 8.66. The number of fused-ring (bicyclic) bond motifs is 3. The molecule has 1 aliphatic carbocycles. The highest BCUT2D eigenvalue weighted by atomic mass is 16.1. The van der Waals surface area contributed by atoms with Crippen molar-refractivity contribution >= 4 is 0 Å². The van der Waals surface area contributed by atoms with E-state index < -0.39 is 0 Å². The van der Waals surface area contributed by atoms with Crippen molar-refractivity contribution in [1.82, 2.24) is 9.97 Å². The molecule has 1 aliphatic rings. The summed E-state index contributed by atoms with van der Waals surface area (Å²) in [6, 6.07) is 8.41. The SMILES string of the molecule is Cc1[nH]c(=O)nc2c1-c1ccccc1CCC2C. The minimum absolute atomic E-state index is 0.238. The summed E-state index contributed by atoms with van der Waals surface area (Å²) in [4.78, 5) is 18.6. The maximum Gasteiger partial charge on any atom is 0.345 e. The molecular weight excluding hydrogens is 224 g/mol. The van der Waals surface area contributed by atoms with E-state index in [1.807, 2.05) is 13.0 Å². The van der Waals surface area contributed by atoms with E-state index in [2.05, 4.69) is 35.1 Å². The molecule has 0 amide bonds. The van der Waals surface area contributed by atoms with E-state index in [4.69, 9.17) is 0 Å². The molecule has 1 unspecified atom stereocenters. The lowest BCUT2D eigenvalue weighted by Gasteiger charge is -2.13. The van der Waals surface area contributed by atoms with Gasteiger partial charge in [-0.15, -0.1) is 0 Å². The Morgan fingerprint density at radius 2 is 2.11 bits per heavy atom. The Morgan fingerprint density at radius 1 is 1.33 bits per heavy atom. The van der Waals surface area contributed by atoms with Crippen LogP contribution in [0.2, 0.25) is 0 Å². The molecule has 0 radical (unpaired) electrons. The van der Waals surface area contributed by atoms with E-state index in [1.54, 1.807) is 0 Å². The molecule has 1 N–H and O–H groups in total. The molecule has 0 bridgehead atoms. The summed E-state index contributed by atoms with van der Waals surface area (Å²) in [7, 11) is 0. The van der Waals surface area contributed by atoms with Crippen molar-refractivity contribution < 1.29 is 0 Å². The van der Waals surface area contributed by atoms with Gasteiger partial charge in [-0.1, -0.05) is 31.2 Å². The van der Waals surface area contributed by atoms with Gasteiger partial charge >= 0.3 is 5.69 Å². The van der Waals surface area contributed by atoms with Crippen molar-refractivity contribution in [2.45, 2.75) is 32.6 Å². The van der Waals surface area contributed by atoms with Gasteiger partial charge in [0, 0.05) is 11.3 Å². The van der Waals surface area contributed by atoms with Gasteiger partial charge in [-0.3, -0.25) is 0 Å². The Hall–Kier alpha value is -1.90. The highest BCUT2D eigenvalue weighted by Gasteiger charge is 2.22. The van der Waals surface area contributed by atoms with Gasteiger partial charge in [0.05, 0.1) is 5.69 Å². The van der Waals surface area contributed by atoms with Crippen molar-refractivity contribution in [3.63, 3.8) is 0 Å². The molecule has 2 aromatic rings. The third-order valence-electron chi connectivity index (χ3n) is 3.75. The van der Waals surface area contributed by atoms with Gasteiger partial charge in [0.2, 0.25) is 0 Å². The smallest absolute Gasteiger partial charge is 0.309 e. The zero-order valence-corrected chi connectivity index (χ0v) is 10.7. The van der Waals surface area contributed by atoms with Crippen LogP contribution in [-0.4, -0.2) is 9.97 Å².